The first-order chi connectivity index (χ1) is 14.0. The summed E-state index contributed by atoms with van der Waals surface area (Å²) in [5.74, 6) is 0.470. The molecule has 8 heteroatoms. The van der Waals surface area contributed by atoms with Crippen LogP contribution in [0.5, 0.6) is 5.75 Å². The van der Waals surface area contributed by atoms with Gasteiger partial charge in [-0.3, -0.25) is 14.5 Å². The molecule has 152 valence electrons. The van der Waals surface area contributed by atoms with E-state index in [1.807, 2.05) is 35.0 Å². The second-order valence-corrected chi connectivity index (χ2v) is 7.48. The number of nitrogens with zero attached hydrogens (tertiary/aromatic N) is 4. The highest BCUT2D eigenvalue weighted by Crippen LogP contribution is 2.29. The molecule has 3 heterocycles. The summed E-state index contributed by atoms with van der Waals surface area (Å²) in [4.78, 5) is 25.1. The van der Waals surface area contributed by atoms with Crippen molar-refractivity contribution in [1.82, 2.24) is 19.2 Å². The summed E-state index contributed by atoms with van der Waals surface area (Å²) in [6.07, 6.45) is 3.85. The van der Waals surface area contributed by atoms with Gasteiger partial charge in [-0.05, 0) is 37.1 Å². The normalized spacial score (nSPS) is 15.6. The van der Waals surface area contributed by atoms with Crippen molar-refractivity contribution < 1.29 is 9.53 Å². The Morgan fingerprint density at radius 3 is 2.72 bits per heavy atom. The Morgan fingerprint density at radius 2 is 2.00 bits per heavy atom. The monoisotopic (exact) mass is 395 g/mol. The van der Waals surface area contributed by atoms with Crippen LogP contribution >= 0.6 is 0 Å². The van der Waals surface area contributed by atoms with Gasteiger partial charge in [0.05, 0.1) is 11.2 Å². The molecule has 3 aromatic rings. The molecule has 29 heavy (non-hydrogen) atoms. The van der Waals surface area contributed by atoms with Crippen LogP contribution in [-0.4, -0.2) is 44.3 Å². The Labute approximate surface area is 168 Å². The lowest BCUT2D eigenvalue weighted by molar-refractivity contribution is -0.118. The summed E-state index contributed by atoms with van der Waals surface area (Å²) < 4.78 is 9.51. The number of nitrogens with two attached hydrogens (primary N) is 1. The summed E-state index contributed by atoms with van der Waals surface area (Å²) in [5, 5.41) is 5.30. The molecule has 1 amide bonds. The molecule has 8 nitrogen and oxygen atoms in total. The first-order valence-electron chi connectivity index (χ1n) is 9.78. The molecule has 0 unspecified atom stereocenters. The molecule has 4 rings (SSSR count). The lowest BCUT2D eigenvalue weighted by atomic mass is 10.1. The smallest absolute Gasteiger partial charge is 0.266 e. The minimum absolute atomic E-state index is 0.0975. The molecule has 0 aliphatic carbocycles. The number of ether oxygens (including phenoxy) is 1. The van der Waals surface area contributed by atoms with Crippen LogP contribution in [0.3, 0.4) is 0 Å². The minimum atomic E-state index is -0.367. The highest BCUT2D eigenvalue weighted by Gasteiger charge is 2.22. The third kappa shape index (κ3) is 4.32. The fraction of sp³-hybridized carbons (Fsp3) is 0.381. The fourth-order valence-electron chi connectivity index (χ4n) is 3.83. The largest absolute Gasteiger partial charge is 0.490 e. The number of aryl methyl sites for hydroxylation is 1. The highest BCUT2D eigenvalue weighted by atomic mass is 16.5. The van der Waals surface area contributed by atoms with Gasteiger partial charge in [0.15, 0.2) is 0 Å². The summed E-state index contributed by atoms with van der Waals surface area (Å²) in [6.45, 7) is 2.71. The molecule has 1 fully saturated rings. The summed E-state index contributed by atoms with van der Waals surface area (Å²) in [7, 11) is 1.67. The van der Waals surface area contributed by atoms with Crippen LogP contribution in [0.15, 0.2) is 47.4 Å². The number of carbonyl (C=O) groups is 1. The molecule has 1 aliphatic rings. The topological polar surface area (TPSA) is 95.4 Å². The van der Waals surface area contributed by atoms with E-state index in [1.165, 1.54) is 4.68 Å². The maximum Gasteiger partial charge on any atom is 0.266 e. The van der Waals surface area contributed by atoms with E-state index >= 15 is 0 Å². The zero-order valence-corrected chi connectivity index (χ0v) is 16.5. The molecular weight excluding hydrogens is 370 g/mol. The predicted molar refractivity (Wildman–Crippen MR) is 110 cm³/mol. The summed E-state index contributed by atoms with van der Waals surface area (Å²) >= 11 is 0. The number of hydrogen-bond acceptors (Lipinski definition) is 5. The van der Waals surface area contributed by atoms with Crippen LogP contribution in [0.4, 0.5) is 0 Å². The van der Waals surface area contributed by atoms with E-state index in [-0.39, 0.29) is 24.1 Å². The Balaban J connectivity index is 1.38. The second kappa shape index (κ2) is 8.08. The number of hydrogen-bond donors (Lipinski definition) is 1. The maximum absolute atomic E-state index is 11.5. The van der Waals surface area contributed by atoms with E-state index in [0.29, 0.717) is 0 Å². The van der Waals surface area contributed by atoms with E-state index in [2.05, 4.69) is 10.00 Å². The number of piperidine rings is 1. The van der Waals surface area contributed by atoms with Gasteiger partial charge in [0.2, 0.25) is 5.91 Å². The van der Waals surface area contributed by atoms with Crippen LogP contribution in [-0.2, 0) is 24.9 Å². The van der Waals surface area contributed by atoms with Crippen molar-refractivity contribution >= 4 is 16.8 Å². The molecule has 0 spiro atoms. The molecule has 0 radical (unpaired) electrons. The van der Waals surface area contributed by atoms with Gasteiger partial charge in [-0.25, -0.2) is 4.68 Å². The third-order valence-corrected chi connectivity index (χ3v) is 5.33. The van der Waals surface area contributed by atoms with E-state index in [9.17, 15) is 9.59 Å². The van der Waals surface area contributed by atoms with Crippen molar-refractivity contribution in [2.75, 3.05) is 13.1 Å². The molecule has 1 aliphatic heterocycles. The maximum atomic E-state index is 11.5. The molecular formula is C21H25N5O3. The van der Waals surface area contributed by atoms with Gasteiger partial charge >= 0.3 is 0 Å². The van der Waals surface area contributed by atoms with E-state index in [4.69, 9.17) is 10.5 Å². The number of rotatable bonds is 6. The first-order valence-corrected chi connectivity index (χ1v) is 9.78. The lowest BCUT2D eigenvalue weighted by Crippen LogP contribution is -2.38. The van der Waals surface area contributed by atoms with Crippen molar-refractivity contribution in [3.8, 4) is 5.75 Å². The summed E-state index contributed by atoms with van der Waals surface area (Å²) in [6, 6.07) is 11.2. The number of amides is 1. The highest BCUT2D eigenvalue weighted by molar-refractivity contribution is 5.87. The van der Waals surface area contributed by atoms with E-state index < -0.39 is 0 Å². The molecule has 0 bridgehead atoms. The van der Waals surface area contributed by atoms with Crippen molar-refractivity contribution in [3.63, 3.8) is 0 Å². The Bertz CT molecular complexity index is 1080. The number of fused-ring (bicyclic) bond motifs is 1. The standard InChI is InChI=1S/C21H25N5O3/c1-24-21(28)6-5-15(23-24)13-25-10-7-16(8-11-25)29-19-4-2-3-18-17(19)9-12-26(18)14-20(22)27/h2-6,9,12,16H,7-8,10-11,13-14H2,1H3,(H2,22,27). The van der Waals surface area contributed by atoms with Gasteiger partial charge in [0.25, 0.3) is 5.56 Å². The zero-order chi connectivity index (χ0) is 20.4. The zero-order valence-electron chi connectivity index (χ0n) is 16.5. The van der Waals surface area contributed by atoms with Gasteiger partial charge in [-0.1, -0.05) is 6.07 Å². The number of aromatic nitrogens is 3. The van der Waals surface area contributed by atoms with Gasteiger partial charge in [-0.15, -0.1) is 0 Å². The predicted octanol–water partition coefficient (Wildman–Crippen LogP) is 1.26. The van der Waals surface area contributed by atoms with Gasteiger partial charge in [0, 0.05) is 44.3 Å². The molecule has 1 saturated heterocycles. The number of likely N-dealkylation sites (tertiary alicyclic amines) is 1. The third-order valence-electron chi connectivity index (χ3n) is 5.33. The Morgan fingerprint density at radius 1 is 1.21 bits per heavy atom. The molecule has 0 saturated carbocycles. The molecule has 2 aromatic heterocycles. The van der Waals surface area contributed by atoms with Gasteiger partial charge < -0.3 is 15.0 Å². The van der Waals surface area contributed by atoms with Gasteiger partial charge in [-0.2, -0.15) is 5.10 Å². The average Bonchev–Trinajstić information content (AvgIpc) is 3.10. The Hall–Kier alpha value is -3.13. The summed E-state index contributed by atoms with van der Waals surface area (Å²) in [5.41, 5.74) is 7.07. The minimum Gasteiger partial charge on any atom is -0.490 e. The van der Waals surface area contributed by atoms with Crippen LogP contribution in [0.2, 0.25) is 0 Å². The van der Waals surface area contributed by atoms with E-state index in [0.717, 1.165) is 54.8 Å². The van der Waals surface area contributed by atoms with Crippen molar-refractivity contribution in [3.05, 3.63) is 58.6 Å². The average molecular weight is 395 g/mol. The molecule has 2 N–H and O–H groups in total. The van der Waals surface area contributed by atoms with Gasteiger partial charge in [0.1, 0.15) is 18.4 Å². The van der Waals surface area contributed by atoms with Crippen LogP contribution in [0, 0.1) is 0 Å². The SMILES string of the molecule is Cn1nc(CN2CCC(Oc3cccc4c3ccn4CC(N)=O)CC2)ccc1=O. The van der Waals surface area contributed by atoms with Crippen molar-refractivity contribution in [1.29, 1.82) is 0 Å². The lowest BCUT2D eigenvalue weighted by Gasteiger charge is -2.32. The fourth-order valence-corrected chi connectivity index (χ4v) is 3.83. The van der Waals surface area contributed by atoms with Crippen LogP contribution in [0.1, 0.15) is 18.5 Å². The van der Waals surface area contributed by atoms with Crippen molar-refractivity contribution in [2.24, 2.45) is 12.8 Å². The molecule has 1 aromatic carbocycles. The number of carbonyl (C=O) groups excluding carboxylic acids is 1. The van der Waals surface area contributed by atoms with E-state index in [1.54, 1.807) is 19.2 Å². The van der Waals surface area contributed by atoms with Crippen LogP contribution < -0.4 is 16.0 Å². The number of benzene rings is 1. The first kappa shape index (κ1) is 19.2. The quantitative estimate of drug-likeness (QED) is 0.678. The van der Waals surface area contributed by atoms with Crippen LogP contribution in [0.25, 0.3) is 10.9 Å². The number of primary amides is 1. The molecule has 0 atom stereocenters. The van der Waals surface area contributed by atoms with Crippen molar-refractivity contribution in [2.45, 2.75) is 32.0 Å². The Kier molecular flexibility index (Phi) is 5.35. The second-order valence-electron chi connectivity index (χ2n) is 7.48.